The molecule has 2 heterocycles. The van der Waals surface area contributed by atoms with Crippen molar-refractivity contribution in [3.05, 3.63) is 53.1 Å². The summed E-state index contributed by atoms with van der Waals surface area (Å²) in [5, 5.41) is 7.26. The van der Waals surface area contributed by atoms with Gasteiger partial charge < -0.3 is 10.1 Å². The molecule has 0 aliphatic heterocycles. The lowest BCUT2D eigenvalue weighted by Crippen LogP contribution is -2.37. The van der Waals surface area contributed by atoms with Crippen molar-refractivity contribution in [3.63, 3.8) is 0 Å². The summed E-state index contributed by atoms with van der Waals surface area (Å²) < 4.78 is 7.37. The Bertz CT molecular complexity index is 935. The third-order valence-corrected chi connectivity index (χ3v) is 3.88. The average Bonchev–Trinajstić information content (AvgIpc) is 2.95. The Balaban J connectivity index is 1.55. The summed E-state index contributed by atoms with van der Waals surface area (Å²) in [5.41, 5.74) is 2.95. The fourth-order valence-electron chi connectivity index (χ4n) is 2.72. The van der Waals surface area contributed by atoms with Crippen LogP contribution in [-0.2, 0) is 11.2 Å². The van der Waals surface area contributed by atoms with E-state index in [0.29, 0.717) is 18.2 Å². The first-order valence-electron chi connectivity index (χ1n) is 8.59. The Hall–Kier alpha value is -2.96. The smallest absolute Gasteiger partial charge is 0.252 e. The molecule has 26 heavy (non-hydrogen) atoms. The second kappa shape index (κ2) is 7.51. The molecule has 0 radical (unpaired) electrons. The van der Waals surface area contributed by atoms with Gasteiger partial charge in [-0.3, -0.25) is 4.79 Å². The molecule has 0 saturated heterocycles. The largest absolute Gasteiger partial charge is 0.491 e. The van der Waals surface area contributed by atoms with Crippen LogP contribution >= 0.6 is 0 Å². The van der Waals surface area contributed by atoms with Crippen molar-refractivity contribution in [2.45, 2.75) is 40.2 Å². The van der Waals surface area contributed by atoms with Crippen LogP contribution in [0, 0.1) is 20.8 Å². The quantitative estimate of drug-likeness (QED) is 0.734. The Morgan fingerprint density at radius 1 is 1.23 bits per heavy atom. The molecule has 0 saturated carbocycles. The van der Waals surface area contributed by atoms with Crippen LogP contribution in [0.25, 0.3) is 5.78 Å². The summed E-state index contributed by atoms with van der Waals surface area (Å²) in [6.07, 6.45) is 0.108. The molecular formula is C19H23N5O2. The molecule has 0 bridgehead atoms. The van der Waals surface area contributed by atoms with Crippen LogP contribution < -0.4 is 10.1 Å². The van der Waals surface area contributed by atoms with Gasteiger partial charge in [-0.2, -0.15) is 4.98 Å². The molecule has 1 amide bonds. The van der Waals surface area contributed by atoms with Crippen LogP contribution in [0.1, 0.15) is 29.7 Å². The molecule has 1 aromatic carbocycles. The van der Waals surface area contributed by atoms with Crippen LogP contribution in [-0.4, -0.2) is 38.1 Å². The van der Waals surface area contributed by atoms with E-state index in [1.54, 1.807) is 4.52 Å². The Morgan fingerprint density at radius 2 is 2.04 bits per heavy atom. The first kappa shape index (κ1) is 17.8. The number of aromatic nitrogens is 4. The van der Waals surface area contributed by atoms with Crippen molar-refractivity contribution in [2.75, 3.05) is 6.61 Å². The van der Waals surface area contributed by atoms with E-state index in [1.165, 1.54) is 0 Å². The van der Waals surface area contributed by atoms with Crippen LogP contribution in [0.2, 0.25) is 0 Å². The second-order valence-electron chi connectivity index (χ2n) is 6.55. The van der Waals surface area contributed by atoms with Gasteiger partial charge in [-0.15, -0.1) is 5.10 Å². The SMILES string of the molecule is Cc1cccc(OCC(C)NC(=O)Cc2nc3nc(C)cc(C)n3n2)c1. The summed E-state index contributed by atoms with van der Waals surface area (Å²) >= 11 is 0. The number of fused-ring (bicyclic) bond motifs is 1. The van der Waals surface area contributed by atoms with Gasteiger partial charge in [-0.1, -0.05) is 12.1 Å². The molecule has 3 rings (SSSR count). The van der Waals surface area contributed by atoms with Crippen LogP contribution in [0.3, 0.4) is 0 Å². The van der Waals surface area contributed by atoms with Gasteiger partial charge in [-0.05, 0) is 51.5 Å². The van der Waals surface area contributed by atoms with E-state index in [1.807, 2.05) is 58.0 Å². The summed E-state index contributed by atoms with van der Waals surface area (Å²) in [7, 11) is 0. The third kappa shape index (κ3) is 4.36. The lowest BCUT2D eigenvalue weighted by atomic mass is 10.2. The number of benzene rings is 1. The number of hydrogen-bond donors (Lipinski definition) is 1. The molecule has 0 aliphatic rings. The average molecular weight is 353 g/mol. The van der Waals surface area contributed by atoms with Gasteiger partial charge >= 0.3 is 0 Å². The molecule has 0 spiro atoms. The van der Waals surface area contributed by atoms with Crippen LogP contribution in [0.15, 0.2) is 30.3 Å². The molecule has 7 nitrogen and oxygen atoms in total. The minimum atomic E-state index is -0.143. The van der Waals surface area contributed by atoms with E-state index in [0.717, 1.165) is 22.7 Å². The van der Waals surface area contributed by atoms with E-state index in [9.17, 15) is 4.79 Å². The van der Waals surface area contributed by atoms with Crippen LogP contribution in [0.4, 0.5) is 0 Å². The summed E-state index contributed by atoms with van der Waals surface area (Å²) in [5.74, 6) is 1.62. The van der Waals surface area contributed by atoms with Crippen molar-refractivity contribution in [3.8, 4) is 5.75 Å². The standard InChI is InChI=1S/C19H23N5O2/c1-12-6-5-7-16(8-12)26-11-14(3)20-18(25)10-17-22-19-21-13(2)9-15(4)24(19)23-17/h5-9,14H,10-11H2,1-4H3,(H,20,25). The molecule has 1 N–H and O–H groups in total. The minimum Gasteiger partial charge on any atom is -0.491 e. The lowest BCUT2D eigenvalue weighted by molar-refractivity contribution is -0.121. The lowest BCUT2D eigenvalue weighted by Gasteiger charge is -2.14. The highest BCUT2D eigenvalue weighted by Gasteiger charge is 2.14. The summed E-state index contributed by atoms with van der Waals surface area (Å²) in [6, 6.07) is 9.63. The molecule has 0 fully saturated rings. The maximum Gasteiger partial charge on any atom is 0.252 e. The molecule has 2 aromatic heterocycles. The fourth-order valence-corrected chi connectivity index (χ4v) is 2.72. The highest BCUT2D eigenvalue weighted by molar-refractivity contribution is 5.78. The predicted octanol–water partition coefficient (Wildman–Crippen LogP) is 2.18. The molecular weight excluding hydrogens is 330 g/mol. The highest BCUT2D eigenvalue weighted by atomic mass is 16.5. The first-order chi connectivity index (χ1) is 12.4. The number of amides is 1. The first-order valence-corrected chi connectivity index (χ1v) is 8.59. The number of aryl methyl sites for hydroxylation is 3. The molecule has 136 valence electrons. The van der Waals surface area contributed by atoms with E-state index < -0.39 is 0 Å². The highest BCUT2D eigenvalue weighted by Crippen LogP contribution is 2.12. The van der Waals surface area contributed by atoms with Crippen molar-refractivity contribution in [1.82, 2.24) is 24.9 Å². The number of carbonyl (C=O) groups is 1. The predicted molar refractivity (Wildman–Crippen MR) is 98.2 cm³/mol. The van der Waals surface area contributed by atoms with Gasteiger partial charge in [0.25, 0.3) is 5.78 Å². The summed E-state index contributed by atoms with van der Waals surface area (Å²) in [4.78, 5) is 20.9. The van der Waals surface area contributed by atoms with Crippen molar-refractivity contribution in [2.24, 2.45) is 0 Å². The minimum absolute atomic E-state index is 0.108. The molecule has 1 unspecified atom stereocenters. The topological polar surface area (TPSA) is 81.4 Å². The van der Waals surface area contributed by atoms with Gasteiger partial charge in [0.15, 0.2) is 5.82 Å². The normalized spacial score (nSPS) is 12.2. The Kier molecular flexibility index (Phi) is 5.16. The molecule has 3 aromatic rings. The van der Waals surface area contributed by atoms with E-state index >= 15 is 0 Å². The molecule has 7 heteroatoms. The fraction of sp³-hybridized carbons (Fsp3) is 0.368. The number of nitrogens with zero attached hydrogens (tertiary/aromatic N) is 4. The van der Waals surface area contributed by atoms with Gasteiger partial charge in [0.1, 0.15) is 12.4 Å². The molecule has 1 atom stereocenters. The zero-order valence-corrected chi connectivity index (χ0v) is 15.5. The molecule has 0 aliphatic carbocycles. The second-order valence-corrected chi connectivity index (χ2v) is 6.55. The number of carbonyl (C=O) groups excluding carboxylic acids is 1. The van der Waals surface area contributed by atoms with Gasteiger partial charge in [0.05, 0.1) is 12.5 Å². The van der Waals surface area contributed by atoms with Crippen molar-refractivity contribution >= 4 is 11.7 Å². The summed E-state index contributed by atoms with van der Waals surface area (Å²) in [6.45, 7) is 8.15. The van der Waals surface area contributed by atoms with Gasteiger partial charge in [0, 0.05) is 11.4 Å². The zero-order chi connectivity index (χ0) is 18.7. The van der Waals surface area contributed by atoms with Gasteiger partial charge in [0.2, 0.25) is 5.91 Å². The Labute approximate surface area is 152 Å². The Morgan fingerprint density at radius 3 is 2.81 bits per heavy atom. The van der Waals surface area contributed by atoms with E-state index in [4.69, 9.17) is 4.74 Å². The maximum absolute atomic E-state index is 12.2. The van der Waals surface area contributed by atoms with Crippen LogP contribution in [0.5, 0.6) is 5.75 Å². The van der Waals surface area contributed by atoms with Crippen molar-refractivity contribution in [1.29, 1.82) is 0 Å². The number of nitrogens with one attached hydrogen (secondary N) is 1. The maximum atomic E-state index is 12.2. The number of hydrogen-bond acceptors (Lipinski definition) is 5. The number of rotatable bonds is 6. The zero-order valence-electron chi connectivity index (χ0n) is 15.5. The van der Waals surface area contributed by atoms with E-state index in [-0.39, 0.29) is 18.4 Å². The third-order valence-electron chi connectivity index (χ3n) is 3.88. The monoisotopic (exact) mass is 353 g/mol. The van der Waals surface area contributed by atoms with Gasteiger partial charge in [-0.25, -0.2) is 9.50 Å². The number of ether oxygens (including phenoxy) is 1. The van der Waals surface area contributed by atoms with Crippen molar-refractivity contribution < 1.29 is 9.53 Å². The van der Waals surface area contributed by atoms with E-state index in [2.05, 4.69) is 20.4 Å².